The van der Waals surface area contributed by atoms with Gasteiger partial charge in [0.2, 0.25) is 0 Å². The van der Waals surface area contributed by atoms with Crippen LogP contribution in [0.25, 0.3) is 0 Å². The molecule has 0 saturated carbocycles. The Bertz CT molecular complexity index is 380. The maximum atomic E-state index is 6.03. The van der Waals surface area contributed by atoms with Gasteiger partial charge in [-0.05, 0) is 41.0 Å². The molecule has 0 amide bonds. The summed E-state index contributed by atoms with van der Waals surface area (Å²) in [6.45, 7) is 6.79. The highest BCUT2D eigenvalue weighted by atomic mass is 14.6. The highest BCUT2D eigenvalue weighted by Crippen LogP contribution is 2.46. The van der Waals surface area contributed by atoms with E-state index >= 15 is 0 Å². The van der Waals surface area contributed by atoms with Crippen molar-refractivity contribution in [2.75, 3.05) is 11.5 Å². The smallest absolute Gasteiger partial charge is 0.0375 e. The van der Waals surface area contributed by atoms with Crippen LogP contribution in [0.1, 0.15) is 31.9 Å². The summed E-state index contributed by atoms with van der Waals surface area (Å²) in [5, 5.41) is 0. The lowest BCUT2D eigenvalue weighted by Crippen LogP contribution is -2.22. The van der Waals surface area contributed by atoms with E-state index in [1.54, 1.807) is 0 Å². The fraction of sp³-hybridized carbons (Fsp3) is 0.500. The van der Waals surface area contributed by atoms with Gasteiger partial charge in [0, 0.05) is 11.4 Å². The zero-order chi connectivity index (χ0) is 10.5. The van der Waals surface area contributed by atoms with Crippen LogP contribution in [-0.2, 0) is 11.8 Å². The zero-order valence-electron chi connectivity index (χ0n) is 9.09. The molecule has 0 spiro atoms. The lowest BCUT2D eigenvalue weighted by Gasteiger charge is -2.26. The molecular formula is C12H18N2. The second kappa shape index (κ2) is 2.66. The Labute approximate surface area is 85.3 Å². The first kappa shape index (κ1) is 9.38. The molecule has 4 N–H and O–H groups in total. The van der Waals surface area contributed by atoms with Crippen molar-refractivity contribution >= 4 is 11.4 Å². The number of anilines is 2. The van der Waals surface area contributed by atoms with E-state index in [0.29, 0.717) is 5.92 Å². The standard InChI is InChI=1S/C12H18N2/c1-7-4-8-5-9(13)6-10(14)11(8)12(7,2)3/h5-7H,4,13-14H2,1-3H3. The lowest BCUT2D eigenvalue weighted by molar-refractivity contribution is 0.380. The molecule has 1 unspecified atom stereocenters. The molecule has 0 aliphatic heterocycles. The van der Waals surface area contributed by atoms with Gasteiger partial charge in [-0.3, -0.25) is 0 Å². The van der Waals surface area contributed by atoms with Gasteiger partial charge in [-0.15, -0.1) is 0 Å². The monoisotopic (exact) mass is 190 g/mol. The molecule has 0 saturated heterocycles. The molecule has 2 rings (SSSR count). The van der Waals surface area contributed by atoms with E-state index in [1.807, 2.05) is 6.07 Å². The molecular weight excluding hydrogens is 172 g/mol. The van der Waals surface area contributed by atoms with Crippen molar-refractivity contribution in [1.82, 2.24) is 0 Å². The van der Waals surface area contributed by atoms with E-state index in [9.17, 15) is 0 Å². The van der Waals surface area contributed by atoms with Crippen LogP contribution < -0.4 is 11.5 Å². The Kier molecular flexibility index (Phi) is 1.78. The number of benzene rings is 1. The number of rotatable bonds is 0. The maximum absolute atomic E-state index is 6.03. The van der Waals surface area contributed by atoms with Gasteiger partial charge in [0.15, 0.2) is 0 Å². The first-order valence-electron chi connectivity index (χ1n) is 5.11. The Hall–Kier alpha value is -1.18. The Morgan fingerprint density at radius 2 is 1.93 bits per heavy atom. The van der Waals surface area contributed by atoms with Crippen LogP contribution in [0.4, 0.5) is 11.4 Å². The summed E-state index contributed by atoms with van der Waals surface area (Å²) in [6, 6.07) is 3.94. The van der Waals surface area contributed by atoms with Crippen LogP contribution in [0, 0.1) is 5.92 Å². The van der Waals surface area contributed by atoms with E-state index in [0.717, 1.165) is 17.8 Å². The average molecular weight is 190 g/mol. The van der Waals surface area contributed by atoms with Crippen LogP contribution in [0.2, 0.25) is 0 Å². The number of nitrogens with two attached hydrogens (primary N) is 2. The topological polar surface area (TPSA) is 52.0 Å². The van der Waals surface area contributed by atoms with Gasteiger partial charge in [0.25, 0.3) is 0 Å². The number of fused-ring (bicyclic) bond motifs is 1. The number of hydrogen-bond donors (Lipinski definition) is 2. The van der Waals surface area contributed by atoms with Crippen LogP contribution in [0.5, 0.6) is 0 Å². The van der Waals surface area contributed by atoms with Crippen molar-refractivity contribution in [2.45, 2.75) is 32.6 Å². The minimum atomic E-state index is 0.188. The highest BCUT2D eigenvalue weighted by Gasteiger charge is 2.38. The second-order valence-corrected chi connectivity index (χ2v) is 4.97. The Morgan fingerprint density at radius 1 is 1.29 bits per heavy atom. The van der Waals surface area contributed by atoms with Crippen molar-refractivity contribution in [3.8, 4) is 0 Å². The zero-order valence-corrected chi connectivity index (χ0v) is 9.09. The molecule has 1 aliphatic rings. The third-order valence-corrected chi connectivity index (χ3v) is 3.68. The molecule has 0 bridgehead atoms. The lowest BCUT2D eigenvalue weighted by atomic mass is 9.79. The van der Waals surface area contributed by atoms with Gasteiger partial charge < -0.3 is 11.5 Å². The van der Waals surface area contributed by atoms with Gasteiger partial charge in [-0.25, -0.2) is 0 Å². The summed E-state index contributed by atoms with van der Waals surface area (Å²) in [5.41, 5.74) is 16.3. The summed E-state index contributed by atoms with van der Waals surface area (Å²) < 4.78 is 0. The maximum Gasteiger partial charge on any atom is 0.0375 e. The fourth-order valence-electron chi connectivity index (χ4n) is 2.53. The summed E-state index contributed by atoms with van der Waals surface area (Å²) in [7, 11) is 0. The molecule has 1 atom stereocenters. The molecule has 0 radical (unpaired) electrons. The van der Waals surface area contributed by atoms with Crippen molar-refractivity contribution in [1.29, 1.82) is 0 Å². The van der Waals surface area contributed by atoms with Crippen molar-refractivity contribution in [3.05, 3.63) is 23.3 Å². The molecule has 14 heavy (non-hydrogen) atoms. The van der Waals surface area contributed by atoms with Gasteiger partial charge in [0.1, 0.15) is 0 Å². The SMILES string of the molecule is CC1Cc2cc(N)cc(N)c2C1(C)C. The molecule has 0 aromatic heterocycles. The van der Waals surface area contributed by atoms with E-state index in [4.69, 9.17) is 11.5 Å². The minimum Gasteiger partial charge on any atom is -0.399 e. The second-order valence-electron chi connectivity index (χ2n) is 4.97. The van der Waals surface area contributed by atoms with Gasteiger partial charge in [-0.1, -0.05) is 20.8 Å². The summed E-state index contributed by atoms with van der Waals surface area (Å²) in [4.78, 5) is 0. The quantitative estimate of drug-likeness (QED) is 0.617. The highest BCUT2D eigenvalue weighted by molar-refractivity contribution is 5.64. The number of hydrogen-bond acceptors (Lipinski definition) is 2. The van der Waals surface area contributed by atoms with E-state index in [2.05, 4.69) is 26.8 Å². The predicted octanol–water partition coefficient (Wildman–Crippen LogP) is 2.32. The van der Waals surface area contributed by atoms with Gasteiger partial charge in [0.05, 0.1) is 0 Å². The van der Waals surface area contributed by atoms with E-state index < -0.39 is 0 Å². The summed E-state index contributed by atoms with van der Waals surface area (Å²) >= 11 is 0. The van der Waals surface area contributed by atoms with E-state index in [1.165, 1.54) is 11.1 Å². The van der Waals surface area contributed by atoms with Crippen molar-refractivity contribution in [2.24, 2.45) is 5.92 Å². The molecule has 1 aromatic rings. The first-order valence-corrected chi connectivity index (χ1v) is 5.11. The molecule has 2 nitrogen and oxygen atoms in total. The molecule has 1 aromatic carbocycles. The molecule has 0 heterocycles. The summed E-state index contributed by atoms with van der Waals surface area (Å²) in [5.74, 6) is 0.640. The van der Waals surface area contributed by atoms with Crippen molar-refractivity contribution < 1.29 is 0 Å². The Morgan fingerprint density at radius 3 is 2.57 bits per heavy atom. The molecule has 76 valence electrons. The summed E-state index contributed by atoms with van der Waals surface area (Å²) in [6.07, 6.45) is 1.09. The minimum absolute atomic E-state index is 0.188. The average Bonchev–Trinajstić information content (AvgIpc) is 2.21. The number of nitrogen functional groups attached to an aromatic ring is 2. The largest absolute Gasteiger partial charge is 0.399 e. The normalized spacial score (nSPS) is 23.5. The van der Waals surface area contributed by atoms with Gasteiger partial charge in [-0.2, -0.15) is 0 Å². The van der Waals surface area contributed by atoms with E-state index in [-0.39, 0.29) is 5.41 Å². The third kappa shape index (κ3) is 1.10. The third-order valence-electron chi connectivity index (χ3n) is 3.68. The Balaban J connectivity index is 2.65. The fourth-order valence-corrected chi connectivity index (χ4v) is 2.53. The van der Waals surface area contributed by atoms with Crippen LogP contribution in [0.3, 0.4) is 0 Å². The van der Waals surface area contributed by atoms with Gasteiger partial charge >= 0.3 is 0 Å². The predicted molar refractivity (Wildman–Crippen MR) is 61.2 cm³/mol. The molecule has 0 fully saturated rings. The van der Waals surface area contributed by atoms with Crippen LogP contribution in [0.15, 0.2) is 12.1 Å². The first-order chi connectivity index (χ1) is 6.43. The van der Waals surface area contributed by atoms with Crippen molar-refractivity contribution in [3.63, 3.8) is 0 Å². The van der Waals surface area contributed by atoms with Crippen LogP contribution in [-0.4, -0.2) is 0 Å². The molecule has 2 heteroatoms. The molecule has 1 aliphatic carbocycles. The van der Waals surface area contributed by atoms with Crippen LogP contribution >= 0.6 is 0 Å².